The first-order valence-electron chi connectivity index (χ1n) is 6.41. The predicted octanol–water partition coefficient (Wildman–Crippen LogP) is -0.177. The van der Waals surface area contributed by atoms with Crippen molar-refractivity contribution >= 4 is 5.91 Å². The summed E-state index contributed by atoms with van der Waals surface area (Å²) < 4.78 is 5.30. The second-order valence-electron chi connectivity index (χ2n) is 4.79. The highest BCUT2D eigenvalue weighted by Gasteiger charge is 2.16. The van der Waals surface area contributed by atoms with Gasteiger partial charge in [-0.15, -0.1) is 0 Å². The van der Waals surface area contributed by atoms with Gasteiger partial charge in [-0.2, -0.15) is 0 Å². The molecule has 2 N–H and O–H groups in total. The van der Waals surface area contributed by atoms with Gasteiger partial charge in [-0.1, -0.05) is 0 Å². The third-order valence-corrected chi connectivity index (χ3v) is 2.78. The number of rotatable bonds is 7. The monoisotopic (exact) mass is 243 g/mol. The molecule has 0 bridgehead atoms. The summed E-state index contributed by atoms with van der Waals surface area (Å²) in [5, 5.41) is 6.22. The molecule has 5 heteroatoms. The third kappa shape index (κ3) is 7.31. The van der Waals surface area contributed by atoms with Crippen LogP contribution in [-0.2, 0) is 9.53 Å². The van der Waals surface area contributed by atoms with E-state index in [4.69, 9.17) is 4.74 Å². The molecule has 1 atom stereocenters. The van der Waals surface area contributed by atoms with Gasteiger partial charge >= 0.3 is 0 Å². The second kappa shape index (κ2) is 8.44. The van der Waals surface area contributed by atoms with Crippen molar-refractivity contribution in [3.63, 3.8) is 0 Å². The molecule has 1 heterocycles. The highest BCUT2D eigenvalue weighted by Crippen LogP contribution is 1.98. The Bertz CT molecular complexity index is 216. The van der Waals surface area contributed by atoms with Crippen LogP contribution >= 0.6 is 0 Å². The number of morpholine rings is 1. The largest absolute Gasteiger partial charge is 0.378 e. The Morgan fingerprint density at radius 3 is 2.94 bits per heavy atom. The lowest BCUT2D eigenvalue weighted by atomic mass is 10.2. The van der Waals surface area contributed by atoms with Crippen LogP contribution in [0.4, 0.5) is 0 Å². The van der Waals surface area contributed by atoms with E-state index in [0.717, 1.165) is 39.1 Å². The van der Waals surface area contributed by atoms with Gasteiger partial charge in [-0.3, -0.25) is 4.79 Å². The summed E-state index contributed by atoms with van der Waals surface area (Å²) in [6.45, 7) is 4.10. The molecule has 1 saturated heterocycles. The molecule has 1 aliphatic rings. The first kappa shape index (κ1) is 14.4. The minimum absolute atomic E-state index is 0.123. The fraction of sp³-hybridized carbons (Fsp3) is 0.917. The van der Waals surface area contributed by atoms with Crippen LogP contribution in [0.25, 0.3) is 0 Å². The van der Waals surface area contributed by atoms with Crippen LogP contribution in [-0.4, -0.2) is 63.8 Å². The van der Waals surface area contributed by atoms with Crippen LogP contribution in [0, 0.1) is 0 Å². The van der Waals surface area contributed by atoms with Crippen molar-refractivity contribution < 1.29 is 9.53 Å². The number of ether oxygens (including phenoxy) is 1. The summed E-state index contributed by atoms with van der Waals surface area (Å²) in [6.07, 6.45) is 2.68. The molecular formula is C12H25N3O2. The van der Waals surface area contributed by atoms with E-state index in [-0.39, 0.29) is 11.9 Å². The zero-order valence-corrected chi connectivity index (χ0v) is 11.0. The molecule has 0 saturated carbocycles. The minimum atomic E-state index is 0.123. The third-order valence-electron chi connectivity index (χ3n) is 2.78. The van der Waals surface area contributed by atoms with E-state index in [1.165, 1.54) is 0 Å². The summed E-state index contributed by atoms with van der Waals surface area (Å²) in [5.74, 6) is 0.123. The fourth-order valence-electron chi connectivity index (χ4n) is 1.83. The molecule has 1 fully saturated rings. The summed E-state index contributed by atoms with van der Waals surface area (Å²) in [6, 6.07) is 0.186. The van der Waals surface area contributed by atoms with Crippen molar-refractivity contribution in [3.05, 3.63) is 0 Å². The summed E-state index contributed by atoms with van der Waals surface area (Å²) in [7, 11) is 4.13. The molecule has 0 aromatic rings. The molecule has 17 heavy (non-hydrogen) atoms. The van der Waals surface area contributed by atoms with Crippen LogP contribution < -0.4 is 10.6 Å². The van der Waals surface area contributed by atoms with Crippen LogP contribution in [0.2, 0.25) is 0 Å². The molecule has 1 rings (SSSR count). The number of carbonyl (C=O) groups is 1. The maximum atomic E-state index is 11.6. The van der Waals surface area contributed by atoms with E-state index >= 15 is 0 Å². The highest BCUT2D eigenvalue weighted by atomic mass is 16.5. The maximum Gasteiger partial charge on any atom is 0.221 e. The number of nitrogens with one attached hydrogen (secondary N) is 2. The van der Waals surface area contributed by atoms with Crippen molar-refractivity contribution in [2.75, 3.05) is 46.9 Å². The van der Waals surface area contributed by atoms with Gasteiger partial charge < -0.3 is 20.3 Å². The molecular weight excluding hydrogens is 218 g/mol. The van der Waals surface area contributed by atoms with E-state index in [9.17, 15) is 4.79 Å². The normalized spacial score (nSPS) is 20.5. The summed E-state index contributed by atoms with van der Waals surface area (Å²) in [5.41, 5.74) is 0. The number of carbonyl (C=O) groups excluding carboxylic acids is 1. The molecule has 0 aromatic carbocycles. The van der Waals surface area contributed by atoms with Crippen molar-refractivity contribution in [2.24, 2.45) is 0 Å². The molecule has 100 valence electrons. The fourth-order valence-corrected chi connectivity index (χ4v) is 1.83. The number of unbranched alkanes of at least 4 members (excludes halogenated alkanes) is 1. The molecule has 1 unspecified atom stereocenters. The van der Waals surface area contributed by atoms with Crippen molar-refractivity contribution in [1.82, 2.24) is 15.5 Å². The average molecular weight is 243 g/mol. The van der Waals surface area contributed by atoms with Crippen LogP contribution in [0.15, 0.2) is 0 Å². The SMILES string of the molecule is CN(C)CCCCNC(=O)CC1COCCN1. The van der Waals surface area contributed by atoms with Gasteiger partial charge in [0.05, 0.1) is 13.2 Å². The topological polar surface area (TPSA) is 53.6 Å². The Morgan fingerprint density at radius 2 is 2.29 bits per heavy atom. The summed E-state index contributed by atoms with van der Waals surface area (Å²) >= 11 is 0. The minimum Gasteiger partial charge on any atom is -0.378 e. The van der Waals surface area contributed by atoms with E-state index in [1.807, 2.05) is 0 Å². The molecule has 1 aliphatic heterocycles. The van der Waals surface area contributed by atoms with Crippen molar-refractivity contribution in [1.29, 1.82) is 0 Å². The van der Waals surface area contributed by atoms with Gasteiger partial charge in [0.2, 0.25) is 5.91 Å². The highest BCUT2D eigenvalue weighted by molar-refractivity contribution is 5.76. The number of nitrogens with zero attached hydrogens (tertiary/aromatic N) is 1. The number of hydrogen-bond donors (Lipinski definition) is 2. The molecule has 1 amide bonds. The standard InChI is InChI=1S/C12H25N3O2/c1-15(2)7-4-3-5-14-12(16)9-11-10-17-8-6-13-11/h11,13H,3-10H2,1-2H3,(H,14,16). The zero-order chi connectivity index (χ0) is 12.5. The summed E-state index contributed by atoms with van der Waals surface area (Å²) in [4.78, 5) is 13.7. The van der Waals surface area contributed by atoms with E-state index in [1.54, 1.807) is 0 Å². The zero-order valence-electron chi connectivity index (χ0n) is 11.0. The van der Waals surface area contributed by atoms with E-state index < -0.39 is 0 Å². The van der Waals surface area contributed by atoms with Crippen molar-refractivity contribution in [3.8, 4) is 0 Å². The van der Waals surface area contributed by atoms with Gasteiger partial charge in [0.15, 0.2) is 0 Å². The number of amides is 1. The van der Waals surface area contributed by atoms with Gasteiger partial charge in [-0.05, 0) is 33.5 Å². The van der Waals surface area contributed by atoms with E-state index in [2.05, 4.69) is 29.6 Å². The second-order valence-corrected chi connectivity index (χ2v) is 4.79. The molecule has 0 radical (unpaired) electrons. The molecule has 5 nitrogen and oxygen atoms in total. The molecule has 0 aliphatic carbocycles. The lowest BCUT2D eigenvalue weighted by Crippen LogP contribution is -2.44. The van der Waals surface area contributed by atoms with Gasteiger partial charge in [0.25, 0.3) is 0 Å². The first-order chi connectivity index (χ1) is 8.18. The molecule has 0 spiro atoms. The number of hydrogen-bond acceptors (Lipinski definition) is 4. The maximum absolute atomic E-state index is 11.6. The smallest absolute Gasteiger partial charge is 0.221 e. The van der Waals surface area contributed by atoms with Crippen LogP contribution in [0.5, 0.6) is 0 Å². The van der Waals surface area contributed by atoms with Crippen LogP contribution in [0.1, 0.15) is 19.3 Å². The lowest BCUT2D eigenvalue weighted by molar-refractivity contribution is -0.122. The predicted molar refractivity (Wildman–Crippen MR) is 68.0 cm³/mol. The Kier molecular flexibility index (Phi) is 7.16. The van der Waals surface area contributed by atoms with Gasteiger partial charge in [0.1, 0.15) is 0 Å². The van der Waals surface area contributed by atoms with Gasteiger partial charge in [-0.25, -0.2) is 0 Å². The van der Waals surface area contributed by atoms with E-state index in [0.29, 0.717) is 13.0 Å². The van der Waals surface area contributed by atoms with Gasteiger partial charge in [0, 0.05) is 25.6 Å². The van der Waals surface area contributed by atoms with Crippen LogP contribution in [0.3, 0.4) is 0 Å². The Balaban J connectivity index is 1.97. The average Bonchev–Trinajstić information content (AvgIpc) is 2.29. The lowest BCUT2D eigenvalue weighted by Gasteiger charge is -2.23. The Morgan fingerprint density at radius 1 is 1.47 bits per heavy atom. The Hall–Kier alpha value is -0.650. The Labute approximate surface area is 104 Å². The quantitative estimate of drug-likeness (QED) is 0.609. The molecule has 0 aromatic heterocycles. The first-order valence-corrected chi connectivity index (χ1v) is 6.41. The van der Waals surface area contributed by atoms with Crippen molar-refractivity contribution in [2.45, 2.75) is 25.3 Å².